The van der Waals surface area contributed by atoms with Gasteiger partial charge in [-0.3, -0.25) is 9.69 Å². The number of benzene rings is 2. The third-order valence-corrected chi connectivity index (χ3v) is 4.71. The molecule has 2 aromatic rings. The molecule has 0 saturated carbocycles. The molecule has 8 nitrogen and oxygen atoms in total. The highest BCUT2D eigenvalue weighted by molar-refractivity contribution is 5.88. The molecule has 2 heterocycles. The van der Waals surface area contributed by atoms with E-state index in [1.807, 2.05) is 36.4 Å². The molecule has 0 spiro atoms. The highest BCUT2D eigenvalue weighted by Crippen LogP contribution is 2.32. The van der Waals surface area contributed by atoms with Crippen LogP contribution >= 0.6 is 0 Å². The van der Waals surface area contributed by atoms with Crippen molar-refractivity contribution in [2.45, 2.75) is 19.1 Å². The Morgan fingerprint density at radius 1 is 1.18 bits per heavy atom. The number of methoxy groups -OCH3 is 1. The number of fused-ring (bicyclic) bond motifs is 1. The van der Waals surface area contributed by atoms with Crippen LogP contribution in [0.3, 0.4) is 0 Å². The van der Waals surface area contributed by atoms with E-state index in [2.05, 4.69) is 5.32 Å². The number of carbonyl (C=O) groups is 2. The summed E-state index contributed by atoms with van der Waals surface area (Å²) in [5, 5.41) is 2.86. The monoisotopic (exact) mass is 384 g/mol. The third-order valence-electron chi connectivity index (χ3n) is 4.71. The molecule has 4 rings (SSSR count). The van der Waals surface area contributed by atoms with Crippen LogP contribution in [0.15, 0.2) is 42.5 Å². The maximum absolute atomic E-state index is 12.7. The molecule has 2 amide bonds. The normalized spacial score (nSPS) is 17.4. The molecule has 2 aliphatic heterocycles. The topological polar surface area (TPSA) is 86.3 Å². The van der Waals surface area contributed by atoms with Crippen molar-refractivity contribution in [3.8, 4) is 17.2 Å². The zero-order chi connectivity index (χ0) is 19.5. The molecule has 28 heavy (non-hydrogen) atoms. The first-order valence-electron chi connectivity index (χ1n) is 8.87. The Kier molecular flexibility index (Phi) is 4.92. The van der Waals surface area contributed by atoms with Crippen molar-refractivity contribution in [1.82, 2.24) is 10.2 Å². The molecule has 1 atom stereocenters. The number of hydrogen-bond acceptors (Lipinski definition) is 6. The summed E-state index contributed by atoms with van der Waals surface area (Å²) in [6.45, 7) is 0.749. The van der Waals surface area contributed by atoms with Crippen LogP contribution in [-0.2, 0) is 22.6 Å². The summed E-state index contributed by atoms with van der Waals surface area (Å²) in [4.78, 5) is 26.2. The van der Waals surface area contributed by atoms with Gasteiger partial charge in [0.05, 0.1) is 13.7 Å². The number of nitrogens with zero attached hydrogens (tertiary/aromatic N) is 1. The highest BCUT2D eigenvalue weighted by atomic mass is 16.7. The quantitative estimate of drug-likeness (QED) is 0.821. The van der Waals surface area contributed by atoms with E-state index in [1.165, 1.54) is 4.90 Å². The van der Waals surface area contributed by atoms with Gasteiger partial charge in [0, 0.05) is 12.1 Å². The maximum Gasteiger partial charge on any atom is 0.410 e. The van der Waals surface area contributed by atoms with Gasteiger partial charge in [-0.25, -0.2) is 4.79 Å². The number of amides is 2. The number of para-hydroxylation sites is 1. The van der Waals surface area contributed by atoms with Crippen LogP contribution in [0.2, 0.25) is 0 Å². The molecule has 146 valence electrons. The second-order valence-corrected chi connectivity index (χ2v) is 6.44. The number of nitrogens with one attached hydrogen (secondary N) is 1. The van der Waals surface area contributed by atoms with Gasteiger partial charge in [0.1, 0.15) is 18.4 Å². The van der Waals surface area contributed by atoms with E-state index in [0.717, 1.165) is 11.1 Å². The molecule has 1 saturated heterocycles. The summed E-state index contributed by atoms with van der Waals surface area (Å²) >= 11 is 0. The summed E-state index contributed by atoms with van der Waals surface area (Å²) in [5.41, 5.74) is 1.68. The number of rotatable bonds is 6. The summed E-state index contributed by atoms with van der Waals surface area (Å²) in [5.74, 6) is 1.72. The molecule has 0 aliphatic carbocycles. The van der Waals surface area contributed by atoms with Gasteiger partial charge in [-0.05, 0) is 23.8 Å². The lowest BCUT2D eigenvalue weighted by atomic mass is 10.1. The number of hydrogen-bond donors (Lipinski definition) is 1. The molecular weight excluding hydrogens is 364 g/mol. The molecule has 1 fully saturated rings. The third kappa shape index (κ3) is 3.53. The Bertz CT molecular complexity index is 900. The van der Waals surface area contributed by atoms with Gasteiger partial charge < -0.3 is 24.3 Å². The Morgan fingerprint density at radius 2 is 2.00 bits per heavy atom. The van der Waals surface area contributed by atoms with E-state index in [-0.39, 0.29) is 25.9 Å². The van der Waals surface area contributed by atoms with Gasteiger partial charge in [-0.15, -0.1) is 0 Å². The lowest BCUT2D eigenvalue weighted by molar-refractivity contribution is -0.125. The van der Waals surface area contributed by atoms with E-state index in [1.54, 1.807) is 13.2 Å². The second-order valence-electron chi connectivity index (χ2n) is 6.44. The van der Waals surface area contributed by atoms with E-state index >= 15 is 0 Å². The molecule has 0 radical (unpaired) electrons. The summed E-state index contributed by atoms with van der Waals surface area (Å²) in [7, 11) is 1.57. The van der Waals surface area contributed by atoms with Crippen LogP contribution in [-0.4, -0.2) is 43.5 Å². The fourth-order valence-electron chi connectivity index (χ4n) is 3.22. The second kappa shape index (κ2) is 7.67. The predicted molar refractivity (Wildman–Crippen MR) is 98.1 cm³/mol. The lowest BCUT2D eigenvalue weighted by Gasteiger charge is -2.21. The Morgan fingerprint density at radius 3 is 2.86 bits per heavy atom. The predicted octanol–water partition coefficient (Wildman–Crippen LogP) is 2.06. The number of ether oxygens (including phenoxy) is 4. The zero-order valence-corrected chi connectivity index (χ0v) is 15.3. The van der Waals surface area contributed by atoms with Gasteiger partial charge in [-0.2, -0.15) is 0 Å². The average molecular weight is 384 g/mol. The van der Waals surface area contributed by atoms with Crippen LogP contribution in [0, 0.1) is 0 Å². The van der Waals surface area contributed by atoms with Gasteiger partial charge in [0.25, 0.3) is 0 Å². The van der Waals surface area contributed by atoms with Crippen molar-refractivity contribution in [3.63, 3.8) is 0 Å². The summed E-state index contributed by atoms with van der Waals surface area (Å²) in [6, 6.07) is 12.2. The van der Waals surface area contributed by atoms with E-state index < -0.39 is 12.1 Å². The minimum atomic E-state index is -0.702. The van der Waals surface area contributed by atoms with Crippen LogP contribution < -0.4 is 19.5 Å². The largest absolute Gasteiger partial charge is 0.496 e. The van der Waals surface area contributed by atoms with Crippen molar-refractivity contribution in [2.75, 3.05) is 20.5 Å². The highest BCUT2D eigenvalue weighted by Gasteiger charge is 2.38. The molecule has 0 unspecified atom stereocenters. The van der Waals surface area contributed by atoms with Gasteiger partial charge in [0.2, 0.25) is 12.7 Å². The molecule has 2 aromatic carbocycles. The number of cyclic esters (lactones) is 1. The molecule has 0 aromatic heterocycles. The molecule has 2 aliphatic rings. The first kappa shape index (κ1) is 18.0. The Labute approximate surface area is 161 Å². The smallest absolute Gasteiger partial charge is 0.410 e. The minimum absolute atomic E-state index is 0.0148. The van der Waals surface area contributed by atoms with Gasteiger partial charge >= 0.3 is 6.09 Å². The van der Waals surface area contributed by atoms with E-state index in [9.17, 15) is 9.59 Å². The van der Waals surface area contributed by atoms with Crippen molar-refractivity contribution >= 4 is 12.0 Å². The van der Waals surface area contributed by atoms with Gasteiger partial charge in [0.15, 0.2) is 11.5 Å². The molecular formula is C20H20N2O6. The van der Waals surface area contributed by atoms with Crippen molar-refractivity contribution < 1.29 is 28.5 Å². The molecule has 0 bridgehead atoms. The standard InChI is InChI=1S/C20H20N2O6/c1-25-16-5-3-2-4-14(16)10-22-15(11-26-20(22)24)19(23)21-9-13-6-7-17-18(8-13)28-12-27-17/h2-8,15H,9-12H2,1H3,(H,21,23)/t15-/m0/s1. The van der Waals surface area contributed by atoms with Gasteiger partial charge in [-0.1, -0.05) is 24.3 Å². The maximum atomic E-state index is 12.7. The van der Waals surface area contributed by atoms with Crippen LogP contribution in [0.25, 0.3) is 0 Å². The van der Waals surface area contributed by atoms with E-state index in [4.69, 9.17) is 18.9 Å². The average Bonchev–Trinajstić information content (AvgIpc) is 3.33. The van der Waals surface area contributed by atoms with Crippen molar-refractivity contribution in [3.05, 3.63) is 53.6 Å². The Balaban J connectivity index is 1.42. The zero-order valence-electron chi connectivity index (χ0n) is 15.3. The first-order chi connectivity index (χ1) is 13.7. The minimum Gasteiger partial charge on any atom is -0.496 e. The first-order valence-corrected chi connectivity index (χ1v) is 8.87. The number of carbonyl (C=O) groups excluding carboxylic acids is 2. The molecule has 8 heteroatoms. The molecule has 1 N–H and O–H groups in total. The fraction of sp³-hybridized carbons (Fsp3) is 0.300. The summed E-state index contributed by atoms with van der Waals surface area (Å²) < 4.78 is 21.1. The van der Waals surface area contributed by atoms with Crippen molar-refractivity contribution in [2.24, 2.45) is 0 Å². The van der Waals surface area contributed by atoms with Crippen LogP contribution in [0.1, 0.15) is 11.1 Å². The van der Waals surface area contributed by atoms with Crippen LogP contribution in [0.4, 0.5) is 4.79 Å². The fourth-order valence-corrected chi connectivity index (χ4v) is 3.22. The Hall–Kier alpha value is -3.42. The van der Waals surface area contributed by atoms with Crippen LogP contribution in [0.5, 0.6) is 17.2 Å². The van der Waals surface area contributed by atoms with E-state index in [0.29, 0.717) is 23.8 Å². The van der Waals surface area contributed by atoms with Crippen molar-refractivity contribution in [1.29, 1.82) is 0 Å². The SMILES string of the molecule is COc1ccccc1CN1C(=O)OC[C@H]1C(=O)NCc1ccc2c(c1)OCO2. The summed E-state index contributed by atoms with van der Waals surface area (Å²) in [6.07, 6.45) is -0.519. The lowest BCUT2D eigenvalue weighted by Crippen LogP contribution is -2.45.